The molecule has 0 saturated heterocycles. The van der Waals surface area contributed by atoms with Crippen molar-refractivity contribution in [1.82, 2.24) is 9.97 Å². The maximum Gasteiger partial charge on any atom is 0.173 e. The first kappa shape index (κ1) is 18.5. The number of rotatable bonds is 4. The lowest BCUT2D eigenvalue weighted by Gasteiger charge is -2.11. The van der Waals surface area contributed by atoms with Gasteiger partial charge in [0.15, 0.2) is 11.5 Å². The van der Waals surface area contributed by atoms with E-state index in [-0.39, 0.29) is 5.75 Å². The summed E-state index contributed by atoms with van der Waals surface area (Å²) < 4.78 is 6.55. The average Bonchev–Trinajstić information content (AvgIpc) is 3.04. The van der Waals surface area contributed by atoms with E-state index in [2.05, 4.69) is 47.9 Å². The van der Waals surface area contributed by atoms with Crippen LogP contribution in [-0.4, -0.2) is 21.7 Å². The van der Waals surface area contributed by atoms with Gasteiger partial charge in [0.1, 0.15) is 11.9 Å². The summed E-state index contributed by atoms with van der Waals surface area (Å²) >= 11 is 6.79. The number of hydrogen-bond donors (Lipinski definition) is 2. The zero-order valence-corrected chi connectivity index (χ0v) is 17.3. The molecule has 2 aromatic carbocycles. The lowest BCUT2D eigenvalue weighted by Crippen LogP contribution is -1.94. The van der Waals surface area contributed by atoms with E-state index < -0.39 is 0 Å². The largest absolute Gasteiger partial charge is 0.503 e. The van der Waals surface area contributed by atoms with Gasteiger partial charge in [0.05, 0.1) is 27.7 Å². The van der Waals surface area contributed by atoms with Crippen LogP contribution in [0.25, 0.3) is 22.7 Å². The summed E-state index contributed by atoms with van der Waals surface area (Å²) in [5.74, 6) is 0.835. The van der Waals surface area contributed by atoms with Crippen molar-refractivity contribution in [2.75, 3.05) is 6.61 Å². The summed E-state index contributed by atoms with van der Waals surface area (Å²) in [6.07, 6.45) is 1.70. The molecule has 0 aliphatic heterocycles. The van der Waals surface area contributed by atoms with Crippen LogP contribution < -0.4 is 4.74 Å². The minimum atomic E-state index is 0.00796. The monoisotopic (exact) mass is 475 g/mol. The minimum absolute atomic E-state index is 0.00796. The molecule has 0 fully saturated rings. The first-order valence-electron chi connectivity index (χ1n) is 7.87. The first-order chi connectivity index (χ1) is 12.4. The number of nitriles is 1. The van der Waals surface area contributed by atoms with Gasteiger partial charge in [-0.25, -0.2) is 4.98 Å². The van der Waals surface area contributed by atoms with Crippen molar-refractivity contribution in [3.8, 4) is 17.6 Å². The molecule has 1 heterocycles. The molecule has 0 unspecified atom stereocenters. The molecule has 0 atom stereocenters. The number of aromatic hydroxyl groups is 1. The minimum Gasteiger partial charge on any atom is -0.503 e. The highest BCUT2D eigenvalue weighted by molar-refractivity contribution is 9.13. The van der Waals surface area contributed by atoms with E-state index in [9.17, 15) is 10.4 Å². The SMILES string of the molecule is CCOc1cc(/C=C(\C#N)c2nc3ccc(C)cc3[nH]2)c(Br)c(Br)c1O. The predicted molar refractivity (Wildman–Crippen MR) is 109 cm³/mol. The number of imidazole rings is 1. The van der Waals surface area contributed by atoms with Crippen LogP contribution in [0.15, 0.2) is 33.2 Å². The Bertz CT molecular complexity index is 1060. The van der Waals surface area contributed by atoms with Gasteiger partial charge in [-0.15, -0.1) is 0 Å². The summed E-state index contributed by atoms with van der Waals surface area (Å²) in [7, 11) is 0. The molecule has 26 heavy (non-hydrogen) atoms. The number of ether oxygens (including phenoxy) is 1. The summed E-state index contributed by atoms with van der Waals surface area (Å²) in [5.41, 5.74) is 3.85. The van der Waals surface area contributed by atoms with E-state index in [4.69, 9.17) is 4.74 Å². The summed E-state index contributed by atoms with van der Waals surface area (Å²) in [6.45, 7) is 4.25. The molecule has 1 aromatic heterocycles. The normalized spacial score (nSPS) is 11.6. The Labute approximate surface area is 167 Å². The van der Waals surface area contributed by atoms with Gasteiger partial charge in [0.2, 0.25) is 0 Å². The molecule has 3 aromatic rings. The Balaban J connectivity index is 2.12. The van der Waals surface area contributed by atoms with Crippen LogP contribution in [0.3, 0.4) is 0 Å². The molecule has 0 aliphatic rings. The molecule has 0 aliphatic carbocycles. The van der Waals surface area contributed by atoms with Gasteiger partial charge in [0, 0.05) is 4.47 Å². The van der Waals surface area contributed by atoms with Gasteiger partial charge in [-0.2, -0.15) is 5.26 Å². The fourth-order valence-corrected chi connectivity index (χ4v) is 3.38. The van der Waals surface area contributed by atoms with Gasteiger partial charge in [0.25, 0.3) is 0 Å². The van der Waals surface area contributed by atoms with Crippen LogP contribution in [0.1, 0.15) is 23.9 Å². The van der Waals surface area contributed by atoms with Gasteiger partial charge < -0.3 is 14.8 Å². The number of halogens is 2. The van der Waals surface area contributed by atoms with Crippen LogP contribution in [-0.2, 0) is 0 Å². The second-order valence-corrected chi connectivity index (χ2v) is 7.24. The third kappa shape index (κ3) is 3.48. The quantitative estimate of drug-likeness (QED) is 0.482. The Hall–Kier alpha value is -2.30. The number of aromatic amines is 1. The van der Waals surface area contributed by atoms with Crippen molar-refractivity contribution in [2.45, 2.75) is 13.8 Å². The number of nitrogens with zero attached hydrogens (tertiary/aromatic N) is 2. The van der Waals surface area contributed by atoms with Crippen LogP contribution in [0.4, 0.5) is 0 Å². The van der Waals surface area contributed by atoms with Gasteiger partial charge in [-0.05, 0) is 81.1 Å². The number of aryl methyl sites for hydroxylation is 1. The topological polar surface area (TPSA) is 81.9 Å². The molecule has 5 nitrogen and oxygen atoms in total. The number of allylic oxidation sites excluding steroid dienone is 1. The van der Waals surface area contributed by atoms with E-state index in [1.165, 1.54) is 0 Å². The predicted octanol–water partition coefficient (Wildman–Crippen LogP) is 5.56. The van der Waals surface area contributed by atoms with E-state index in [1.807, 2.05) is 32.0 Å². The highest BCUT2D eigenvalue weighted by atomic mass is 79.9. The second kappa shape index (κ2) is 7.52. The molecule has 0 radical (unpaired) electrons. The maximum absolute atomic E-state index is 10.2. The summed E-state index contributed by atoms with van der Waals surface area (Å²) in [4.78, 5) is 7.68. The summed E-state index contributed by atoms with van der Waals surface area (Å²) in [5, 5.41) is 19.8. The van der Waals surface area contributed by atoms with Crippen molar-refractivity contribution >= 4 is 54.5 Å². The van der Waals surface area contributed by atoms with Crippen molar-refractivity contribution in [3.63, 3.8) is 0 Å². The third-order valence-electron chi connectivity index (χ3n) is 3.79. The zero-order chi connectivity index (χ0) is 18.8. The van der Waals surface area contributed by atoms with Crippen molar-refractivity contribution in [1.29, 1.82) is 5.26 Å². The number of aromatic nitrogens is 2. The molecular formula is C19H15Br2N3O2. The highest BCUT2D eigenvalue weighted by Crippen LogP contribution is 2.42. The van der Waals surface area contributed by atoms with E-state index in [1.54, 1.807) is 12.1 Å². The van der Waals surface area contributed by atoms with E-state index in [0.29, 0.717) is 38.3 Å². The van der Waals surface area contributed by atoms with E-state index >= 15 is 0 Å². The average molecular weight is 477 g/mol. The molecule has 0 amide bonds. The Kier molecular flexibility index (Phi) is 5.35. The Morgan fingerprint density at radius 3 is 2.81 bits per heavy atom. The van der Waals surface area contributed by atoms with Gasteiger partial charge in [-0.3, -0.25) is 0 Å². The van der Waals surface area contributed by atoms with Crippen molar-refractivity contribution in [3.05, 3.63) is 50.2 Å². The number of fused-ring (bicyclic) bond motifs is 1. The smallest absolute Gasteiger partial charge is 0.173 e. The Morgan fingerprint density at radius 1 is 1.35 bits per heavy atom. The molecule has 0 saturated carbocycles. The number of phenolic OH excluding ortho intramolecular Hbond substituents is 1. The van der Waals surface area contributed by atoms with E-state index in [0.717, 1.165) is 16.6 Å². The van der Waals surface area contributed by atoms with Crippen LogP contribution in [0.2, 0.25) is 0 Å². The zero-order valence-electron chi connectivity index (χ0n) is 14.1. The molecule has 132 valence electrons. The van der Waals surface area contributed by atoms with Crippen LogP contribution >= 0.6 is 31.9 Å². The van der Waals surface area contributed by atoms with Gasteiger partial charge >= 0.3 is 0 Å². The van der Waals surface area contributed by atoms with Crippen LogP contribution in [0.5, 0.6) is 11.5 Å². The number of nitrogens with one attached hydrogen (secondary N) is 1. The van der Waals surface area contributed by atoms with Crippen molar-refractivity contribution < 1.29 is 9.84 Å². The molecule has 2 N–H and O–H groups in total. The molecule has 0 spiro atoms. The van der Waals surface area contributed by atoms with Crippen LogP contribution in [0, 0.1) is 18.3 Å². The second-order valence-electron chi connectivity index (χ2n) is 5.65. The third-order valence-corrected chi connectivity index (χ3v) is 5.95. The number of hydrogen-bond acceptors (Lipinski definition) is 4. The molecule has 0 bridgehead atoms. The lowest BCUT2D eigenvalue weighted by molar-refractivity contribution is 0.317. The number of H-pyrrole nitrogens is 1. The number of phenols is 1. The number of benzene rings is 2. The molecule has 3 rings (SSSR count). The molecule has 7 heteroatoms. The van der Waals surface area contributed by atoms with Crippen molar-refractivity contribution in [2.24, 2.45) is 0 Å². The fourth-order valence-electron chi connectivity index (χ4n) is 2.54. The maximum atomic E-state index is 10.2. The Morgan fingerprint density at radius 2 is 2.12 bits per heavy atom. The highest BCUT2D eigenvalue weighted by Gasteiger charge is 2.16. The lowest BCUT2D eigenvalue weighted by atomic mass is 10.1. The standard InChI is InChI=1S/C19H15Br2N3O2/c1-3-26-15-8-11(16(20)17(21)18(15)25)7-12(9-22)19-23-13-5-4-10(2)6-14(13)24-19/h4-8,25H,3H2,1-2H3,(H,23,24)/b12-7+. The first-order valence-corrected chi connectivity index (χ1v) is 9.45. The fraction of sp³-hybridized carbons (Fsp3) is 0.158. The summed E-state index contributed by atoms with van der Waals surface area (Å²) in [6, 6.07) is 9.74. The molecular weight excluding hydrogens is 462 g/mol. The van der Waals surface area contributed by atoms with Gasteiger partial charge in [-0.1, -0.05) is 6.07 Å².